The van der Waals surface area contributed by atoms with E-state index in [1.54, 1.807) is 0 Å². The van der Waals surface area contributed by atoms with E-state index in [2.05, 4.69) is 17.6 Å². The van der Waals surface area contributed by atoms with Crippen LogP contribution in [0.1, 0.15) is 13.2 Å². The van der Waals surface area contributed by atoms with Crippen LogP contribution in [-0.4, -0.2) is 44.7 Å². The predicted molar refractivity (Wildman–Crippen MR) is 70.6 cm³/mol. The van der Waals surface area contributed by atoms with Crippen LogP contribution in [0, 0.1) is 0 Å². The Morgan fingerprint density at radius 2 is 2.30 bits per heavy atom. The number of hydrogen-bond acceptors (Lipinski definition) is 7. The molecule has 0 aromatic carbocycles. The number of aliphatic hydroxyl groups is 1. The Morgan fingerprint density at radius 1 is 1.60 bits per heavy atom. The standard InChI is InChI=1S/C11H14N2O6S/c1-5(14)18-4-6-8(16)9(20)10(19-6)13-3-2-7(15)12-11(13)17/h2-3,6,8-10,16,20H,4H2,1H3,(H,12,15,17). The minimum absolute atomic E-state index is 0.137. The summed E-state index contributed by atoms with van der Waals surface area (Å²) < 4.78 is 11.4. The molecule has 2 N–H and O–H groups in total. The van der Waals surface area contributed by atoms with Gasteiger partial charge in [-0.3, -0.25) is 19.1 Å². The summed E-state index contributed by atoms with van der Waals surface area (Å²) in [6, 6.07) is 1.16. The van der Waals surface area contributed by atoms with Gasteiger partial charge in [0.1, 0.15) is 12.7 Å². The van der Waals surface area contributed by atoms with E-state index >= 15 is 0 Å². The second kappa shape index (κ2) is 5.81. The Kier molecular flexibility index (Phi) is 4.31. The van der Waals surface area contributed by atoms with E-state index in [9.17, 15) is 19.5 Å². The number of rotatable bonds is 3. The second-order valence-electron chi connectivity index (χ2n) is 4.37. The van der Waals surface area contributed by atoms with Crippen molar-refractivity contribution in [1.82, 2.24) is 9.55 Å². The maximum absolute atomic E-state index is 11.7. The highest BCUT2D eigenvalue weighted by molar-refractivity contribution is 7.81. The summed E-state index contributed by atoms with van der Waals surface area (Å²) in [7, 11) is 0. The minimum atomic E-state index is -1.01. The third kappa shape index (κ3) is 2.94. The molecule has 8 nitrogen and oxygen atoms in total. The van der Waals surface area contributed by atoms with E-state index in [0.29, 0.717) is 0 Å². The lowest BCUT2D eigenvalue weighted by Crippen LogP contribution is -2.35. The van der Waals surface area contributed by atoms with Crippen LogP contribution in [0.4, 0.5) is 0 Å². The molecule has 4 unspecified atom stereocenters. The molecule has 1 aliphatic rings. The van der Waals surface area contributed by atoms with Crippen LogP contribution in [0.25, 0.3) is 0 Å². The lowest BCUT2D eigenvalue weighted by molar-refractivity contribution is -0.147. The predicted octanol–water partition coefficient (Wildman–Crippen LogP) is -1.34. The highest BCUT2D eigenvalue weighted by Crippen LogP contribution is 2.32. The number of nitrogens with one attached hydrogen (secondary N) is 1. The zero-order valence-electron chi connectivity index (χ0n) is 10.6. The molecule has 0 amide bonds. The molecular weight excluding hydrogens is 288 g/mol. The van der Waals surface area contributed by atoms with Gasteiger partial charge in [-0.15, -0.1) is 0 Å². The first kappa shape index (κ1) is 14.8. The molecule has 4 atom stereocenters. The Balaban J connectivity index is 2.19. The van der Waals surface area contributed by atoms with Crippen LogP contribution in [0.15, 0.2) is 21.9 Å². The molecule has 0 aliphatic carbocycles. The van der Waals surface area contributed by atoms with Gasteiger partial charge in [0.25, 0.3) is 5.56 Å². The average Bonchev–Trinajstić information content (AvgIpc) is 2.64. The van der Waals surface area contributed by atoms with Gasteiger partial charge in [-0.1, -0.05) is 0 Å². The maximum Gasteiger partial charge on any atom is 0.330 e. The van der Waals surface area contributed by atoms with Crippen molar-refractivity contribution in [3.63, 3.8) is 0 Å². The van der Waals surface area contributed by atoms with Crippen molar-refractivity contribution in [2.24, 2.45) is 0 Å². The van der Waals surface area contributed by atoms with E-state index < -0.39 is 40.9 Å². The van der Waals surface area contributed by atoms with Crippen LogP contribution in [0.3, 0.4) is 0 Å². The molecule has 0 saturated carbocycles. The van der Waals surface area contributed by atoms with Crippen molar-refractivity contribution in [3.8, 4) is 0 Å². The van der Waals surface area contributed by atoms with Crippen molar-refractivity contribution in [2.75, 3.05) is 6.61 Å². The Bertz CT molecular complexity index is 611. The van der Waals surface area contributed by atoms with E-state index in [1.807, 2.05) is 0 Å². The number of aromatic amines is 1. The van der Waals surface area contributed by atoms with Crippen LogP contribution in [0.5, 0.6) is 0 Å². The minimum Gasteiger partial charge on any atom is -0.463 e. The number of H-pyrrole nitrogens is 1. The van der Waals surface area contributed by atoms with Crippen molar-refractivity contribution >= 4 is 18.6 Å². The molecule has 1 aromatic rings. The third-order valence-corrected chi connectivity index (χ3v) is 3.47. The summed E-state index contributed by atoms with van der Waals surface area (Å²) in [6.45, 7) is 1.10. The number of hydrogen-bond donors (Lipinski definition) is 3. The second-order valence-corrected chi connectivity index (χ2v) is 4.96. The van der Waals surface area contributed by atoms with Gasteiger partial charge in [0.15, 0.2) is 6.23 Å². The number of esters is 1. The quantitative estimate of drug-likeness (QED) is 0.471. The highest BCUT2D eigenvalue weighted by Gasteiger charge is 2.43. The molecule has 1 saturated heterocycles. The monoisotopic (exact) mass is 302 g/mol. The van der Waals surface area contributed by atoms with Gasteiger partial charge in [0.2, 0.25) is 0 Å². The fourth-order valence-electron chi connectivity index (χ4n) is 1.92. The number of thiol groups is 1. The molecule has 1 aliphatic heterocycles. The molecule has 0 radical (unpaired) electrons. The number of carbonyl (C=O) groups is 1. The molecule has 2 heterocycles. The third-order valence-electron chi connectivity index (χ3n) is 2.91. The molecule has 110 valence electrons. The zero-order chi connectivity index (χ0) is 14.9. The van der Waals surface area contributed by atoms with Crippen molar-refractivity contribution in [2.45, 2.75) is 30.6 Å². The van der Waals surface area contributed by atoms with Gasteiger partial charge >= 0.3 is 11.7 Å². The van der Waals surface area contributed by atoms with Crippen molar-refractivity contribution in [1.29, 1.82) is 0 Å². The lowest BCUT2D eigenvalue weighted by atomic mass is 10.2. The fraction of sp³-hybridized carbons (Fsp3) is 0.545. The molecule has 9 heteroatoms. The highest BCUT2D eigenvalue weighted by atomic mass is 32.1. The summed E-state index contributed by atoms with van der Waals surface area (Å²) in [5, 5.41) is 9.27. The van der Waals surface area contributed by atoms with Gasteiger partial charge < -0.3 is 14.6 Å². The Labute approximate surface area is 118 Å². The molecule has 0 spiro atoms. The van der Waals surface area contributed by atoms with Crippen LogP contribution in [-0.2, 0) is 14.3 Å². The first-order chi connectivity index (χ1) is 9.40. The number of carbonyl (C=O) groups excluding carboxylic acids is 1. The summed E-state index contributed by atoms with van der Waals surface area (Å²) in [6.07, 6.45) is -1.40. The van der Waals surface area contributed by atoms with E-state index in [0.717, 1.165) is 10.6 Å². The molecule has 1 aromatic heterocycles. The van der Waals surface area contributed by atoms with Crippen molar-refractivity contribution in [3.05, 3.63) is 33.1 Å². The van der Waals surface area contributed by atoms with E-state index in [4.69, 9.17) is 9.47 Å². The van der Waals surface area contributed by atoms with Gasteiger partial charge in [-0.2, -0.15) is 12.6 Å². The zero-order valence-corrected chi connectivity index (χ0v) is 11.4. The molecule has 0 bridgehead atoms. The number of ether oxygens (including phenoxy) is 2. The molecule has 2 rings (SSSR count). The normalized spacial score (nSPS) is 29.4. The van der Waals surface area contributed by atoms with E-state index in [1.165, 1.54) is 13.1 Å². The Hall–Kier alpha value is -1.58. The SMILES string of the molecule is CC(=O)OCC1OC(n2ccc(=O)[nH]c2=O)C(S)C1O. The summed E-state index contributed by atoms with van der Waals surface area (Å²) in [4.78, 5) is 35.5. The fourth-order valence-corrected chi connectivity index (χ4v) is 2.33. The molecular formula is C11H14N2O6S. The average molecular weight is 302 g/mol. The number of aromatic nitrogens is 2. The number of aliphatic hydroxyl groups excluding tert-OH is 1. The molecule has 20 heavy (non-hydrogen) atoms. The van der Waals surface area contributed by atoms with Gasteiger partial charge in [0.05, 0.1) is 11.4 Å². The first-order valence-electron chi connectivity index (χ1n) is 5.86. The maximum atomic E-state index is 11.7. The van der Waals surface area contributed by atoms with Crippen LogP contribution < -0.4 is 11.2 Å². The van der Waals surface area contributed by atoms with Gasteiger partial charge in [-0.25, -0.2) is 4.79 Å². The summed E-state index contributed by atoms with van der Waals surface area (Å²) >= 11 is 4.20. The largest absolute Gasteiger partial charge is 0.463 e. The van der Waals surface area contributed by atoms with Gasteiger partial charge in [0, 0.05) is 19.2 Å². The van der Waals surface area contributed by atoms with Crippen LogP contribution in [0.2, 0.25) is 0 Å². The van der Waals surface area contributed by atoms with Gasteiger partial charge in [-0.05, 0) is 0 Å². The topological polar surface area (TPSA) is 111 Å². The first-order valence-corrected chi connectivity index (χ1v) is 6.38. The Morgan fingerprint density at radius 3 is 2.90 bits per heavy atom. The lowest BCUT2D eigenvalue weighted by Gasteiger charge is -2.16. The van der Waals surface area contributed by atoms with E-state index in [-0.39, 0.29) is 6.61 Å². The molecule has 1 fully saturated rings. The summed E-state index contributed by atoms with van der Waals surface area (Å²) in [5.74, 6) is -0.499. The number of nitrogens with zero attached hydrogens (tertiary/aromatic N) is 1. The van der Waals surface area contributed by atoms with Crippen molar-refractivity contribution < 1.29 is 19.4 Å². The van der Waals surface area contributed by atoms with Crippen LogP contribution >= 0.6 is 12.6 Å². The smallest absolute Gasteiger partial charge is 0.330 e. The summed E-state index contributed by atoms with van der Waals surface area (Å²) in [5.41, 5.74) is -1.20.